The van der Waals surface area contributed by atoms with E-state index in [0.29, 0.717) is 19.0 Å². The van der Waals surface area contributed by atoms with Crippen LogP contribution in [0.1, 0.15) is 32.2 Å². The molecule has 2 aromatic rings. The summed E-state index contributed by atoms with van der Waals surface area (Å²) >= 11 is 0. The van der Waals surface area contributed by atoms with Crippen molar-refractivity contribution >= 4 is 29.9 Å². The van der Waals surface area contributed by atoms with Gasteiger partial charge in [0.1, 0.15) is 5.82 Å². The molecule has 134 valence electrons. The number of aliphatic imine (C=N–C) groups is 1. The summed E-state index contributed by atoms with van der Waals surface area (Å²) in [6, 6.07) is 2.09. The molecule has 2 aromatic heterocycles. The lowest BCUT2D eigenvalue weighted by Gasteiger charge is -2.13. The van der Waals surface area contributed by atoms with Crippen LogP contribution in [-0.4, -0.2) is 26.6 Å². The Morgan fingerprint density at radius 3 is 2.71 bits per heavy atom. The third-order valence-electron chi connectivity index (χ3n) is 3.43. The molecule has 2 heterocycles. The van der Waals surface area contributed by atoms with Crippen molar-refractivity contribution in [2.45, 2.75) is 40.4 Å². The van der Waals surface area contributed by atoms with Gasteiger partial charge in [-0.3, -0.25) is 0 Å². The lowest BCUT2D eigenvalue weighted by atomic mass is 10.2. The average Bonchev–Trinajstić information content (AvgIpc) is 3.10. The molecule has 0 spiro atoms. The Bertz CT molecular complexity index is 629. The number of aromatic nitrogens is 3. The van der Waals surface area contributed by atoms with Crippen LogP contribution in [0.2, 0.25) is 0 Å². The van der Waals surface area contributed by atoms with Crippen LogP contribution in [0, 0.1) is 5.92 Å². The zero-order valence-corrected chi connectivity index (χ0v) is 17.3. The Labute approximate surface area is 161 Å². The number of rotatable bonds is 7. The number of guanidine groups is 1. The van der Waals surface area contributed by atoms with E-state index in [1.165, 1.54) is 5.56 Å². The molecule has 6 nitrogen and oxygen atoms in total. The molecule has 0 saturated heterocycles. The van der Waals surface area contributed by atoms with Gasteiger partial charge in [-0.05, 0) is 24.5 Å². The summed E-state index contributed by atoms with van der Waals surface area (Å²) in [5, 5.41) is 6.64. The summed E-state index contributed by atoms with van der Waals surface area (Å²) in [7, 11) is 2.02. The van der Waals surface area contributed by atoms with E-state index in [9.17, 15) is 0 Å². The van der Waals surface area contributed by atoms with E-state index >= 15 is 0 Å². The maximum absolute atomic E-state index is 4.63. The van der Waals surface area contributed by atoms with Crippen LogP contribution in [-0.2, 0) is 26.7 Å². The summed E-state index contributed by atoms with van der Waals surface area (Å²) in [5.74, 6) is 2.45. The Hall–Kier alpha value is -1.51. The third kappa shape index (κ3) is 6.54. The molecule has 0 bridgehead atoms. The van der Waals surface area contributed by atoms with Gasteiger partial charge in [0.25, 0.3) is 0 Å². The number of imidazole rings is 1. The molecule has 0 unspecified atom stereocenters. The maximum Gasteiger partial charge on any atom is 0.191 e. The van der Waals surface area contributed by atoms with E-state index in [2.05, 4.69) is 58.2 Å². The van der Waals surface area contributed by atoms with Crippen LogP contribution in [0.15, 0.2) is 35.8 Å². The molecule has 24 heavy (non-hydrogen) atoms. The van der Waals surface area contributed by atoms with Gasteiger partial charge in [0.15, 0.2) is 5.96 Å². The second-order valence-electron chi connectivity index (χ2n) is 6.12. The first-order chi connectivity index (χ1) is 11.1. The molecule has 2 N–H and O–H groups in total. The van der Waals surface area contributed by atoms with Crippen molar-refractivity contribution in [1.29, 1.82) is 0 Å². The molecule has 0 saturated carbocycles. The standard InChI is InChI=1S/C17H28N6.HI/c1-5-18-17(20-10-15-6-8-22(4)13-15)21-11-16-19-7-9-23(16)12-14(2)3;/h6-9,13-14H,5,10-12H2,1-4H3,(H2,18,20,21);1H. The van der Waals surface area contributed by atoms with Gasteiger partial charge >= 0.3 is 0 Å². The van der Waals surface area contributed by atoms with Crippen molar-refractivity contribution in [1.82, 2.24) is 24.8 Å². The zero-order valence-electron chi connectivity index (χ0n) is 15.0. The minimum absolute atomic E-state index is 0. The number of nitrogens with zero attached hydrogens (tertiary/aromatic N) is 4. The first-order valence-electron chi connectivity index (χ1n) is 8.21. The fourth-order valence-corrected chi connectivity index (χ4v) is 2.40. The van der Waals surface area contributed by atoms with E-state index in [0.717, 1.165) is 24.9 Å². The minimum atomic E-state index is 0. The summed E-state index contributed by atoms with van der Waals surface area (Å²) < 4.78 is 4.23. The minimum Gasteiger partial charge on any atom is -0.357 e. The number of nitrogens with one attached hydrogen (secondary N) is 2. The number of halogens is 1. The molecule has 0 atom stereocenters. The van der Waals surface area contributed by atoms with Crippen LogP contribution in [0.3, 0.4) is 0 Å². The van der Waals surface area contributed by atoms with Gasteiger partial charge in [-0.15, -0.1) is 24.0 Å². The fourth-order valence-electron chi connectivity index (χ4n) is 2.40. The summed E-state index contributed by atoms with van der Waals surface area (Å²) in [6.07, 6.45) is 8.01. The largest absolute Gasteiger partial charge is 0.357 e. The molecule has 0 amide bonds. The normalized spacial score (nSPS) is 11.5. The van der Waals surface area contributed by atoms with E-state index in [1.807, 2.05) is 30.2 Å². The van der Waals surface area contributed by atoms with Gasteiger partial charge in [-0.2, -0.15) is 0 Å². The van der Waals surface area contributed by atoms with Gasteiger partial charge in [0, 0.05) is 44.9 Å². The topological polar surface area (TPSA) is 59.2 Å². The first-order valence-corrected chi connectivity index (χ1v) is 8.21. The summed E-state index contributed by atoms with van der Waals surface area (Å²) in [4.78, 5) is 9.07. The molecule has 0 aliphatic rings. The molecule has 2 rings (SSSR count). The van der Waals surface area contributed by atoms with Gasteiger partial charge in [0.2, 0.25) is 0 Å². The maximum atomic E-state index is 4.63. The van der Waals surface area contributed by atoms with Gasteiger partial charge in [-0.25, -0.2) is 9.98 Å². The SMILES string of the molecule is CCNC(=NCc1ccn(C)c1)NCc1nccn1CC(C)C.I. The highest BCUT2D eigenvalue weighted by Gasteiger charge is 2.06. The first kappa shape index (κ1) is 20.5. The molecule has 0 aliphatic carbocycles. The lowest BCUT2D eigenvalue weighted by Crippen LogP contribution is -2.37. The molecule has 7 heteroatoms. The van der Waals surface area contributed by atoms with Gasteiger partial charge in [0.05, 0.1) is 13.1 Å². The lowest BCUT2D eigenvalue weighted by molar-refractivity contribution is 0.503. The second kappa shape index (κ2) is 10.4. The Balaban J connectivity index is 0.00000288. The zero-order chi connectivity index (χ0) is 16.7. The highest BCUT2D eigenvalue weighted by molar-refractivity contribution is 14.0. The van der Waals surface area contributed by atoms with Crippen molar-refractivity contribution in [3.05, 3.63) is 42.2 Å². The smallest absolute Gasteiger partial charge is 0.191 e. The summed E-state index contributed by atoms with van der Waals surface area (Å²) in [5.41, 5.74) is 1.20. The fraction of sp³-hybridized carbons (Fsp3) is 0.529. The molecule has 0 radical (unpaired) electrons. The quantitative estimate of drug-likeness (QED) is 0.392. The monoisotopic (exact) mass is 444 g/mol. The van der Waals surface area contributed by atoms with Crippen LogP contribution in [0.25, 0.3) is 0 Å². The molecule has 0 aromatic carbocycles. The highest BCUT2D eigenvalue weighted by atomic mass is 127. The third-order valence-corrected chi connectivity index (χ3v) is 3.43. The van der Waals surface area contributed by atoms with Gasteiger partial charge < -0.3 is 19.8 Å². The van der Waals surface area contributed by atoms with Gasteiger partial charge in [-0.1, -0.05) is 13.8 Å². The number of hydrogen-bond donors (Lipinski definition) is 2. The summed E-state index contributed by atoms with van der Waals surface area (Å²) in [6.45, 7) is 9.64. The Morgan fingerprint density at radius 2 is 2.08 bits per heavy atom. The van der Waals surface area contributed by atoms with Crippen LogP contribution in [0.4, 0.5) is 0 Å². The van der Waals surface area contributed by atoms with E-state index < -0.39 is 0 Å². The Kier molecular flexibility index (Phi) is 8.88. The highest BCUT2D eigenvalue weighted by Crippen LogP contribution is 2.04. The van der Waals surface area contributed by atoms with E-state index in [4.69, 9.17) is 0 Å². The predicted octanol–water partition coefficient (Wildman–Crippen LogP) is 2.75. The van der Waals surface area contributed by atoms with Crippen LogP contribution in [0.5, 0.6) is 0 Å². The van der Waals surface area contributed by atoms with Crippen molar-refractivity contribution in [2.75, 3.05) is 6.54 Å². The van der Waals surface area contributed by atoms with Crippen molar-refractivity contribution in [2.24, 2.45) is 18.0 Å². The van der Waals surface area contributed by atoms with E-state index in [1.54, 1.807) is 0 Å². The van der Waals surface area contributed by atoms with Crippen molar-refractivity contribution < 1.29 is 0 Å². The number of hydrogen-bond acceptors (Lipinski definition) is 2. The predicted molar refractivity (Wildman–Crippen MR) is 110 cm³/mol. The molecule has 0 aliphatic heterocycles. The Morgan fingerprint density at radius 1 is 1.29 bits per heavy atom. The van der Waals surface area contributed by atoms with Crippen molar-refractivity contribution in [3.63, 3.8) is 0 Å². The van der Waals surface area contributed by atoms with Crippen LogP contribution < -0.4 is 10.6 Å². The van der Waals surface area contributed by atoms with Crippen LogP contribution >= 0.6 is 24.0 Å². The number of aryl methyl sites for hydroxylation is 1. The molecule has 0 fully saturated rings. The second-order valence-corrected chi connectivity index (χ2v) is 6.12. The van der Waals surface area contributed by atoms with Crippen molar-refractivity contribution in [3.8, 4) is 0 Å². The van der Waals surface area contributed by atoms with E-state index in [-0.39, 0.29) is 24.0 Å². The average molecular weight is 444 g/mol. The molecular weight excluding hydrogens is 415 g/mol. The molecular formula is C17H29IN6.